The van der Waals surface area contributed by atoms with E-state index >= 15 is 0 Å². The van der Waals surface area contributed by atoms with Crippen LogP contribution in [0.15, 0.2) is 41.2 Å². The van der Waals surface area contributed by atoms with Gasteiger partial charge in [-0.15, -0.1) is 22.9 Å². The zero-order valence-electron chi connectivity index (χ0n) is 9.75. The van der Waals surface area contributed by atoms with Gasteiger partial charge in [0.25, 0.3) is 0 Å². The highest BCUT2D eigenvalue weighted by Crippen LogP contribution is 2.11. The second kappa shape index (κ2) is 6.52. The number of carbonyl (C=O) groups is 1. The lowest BCUT2D eigenvalue weighted by Gasteiger charge is -2.20. The molecule has 0 aliphatic heterocycles. The van der Waals surface area contributed by atoms with Crippen LogP contribution in [0.25, 0.3) is 0 Å². The molecule has 94 valence electrons. The molecule has 5 heteroatoms. The molecule has 0 spiro atoms. The number of rotatable bonds is 5. The molecule has 0 saturated carbocycles. The molecule has 3 nitrogen and oxygen atoms in total. The molecule has 1 amide bonds. The van der Waals surface area contributed by atoms with Gasteiger partial charge in [-0.1, -0.05) is 30.3 Å². The van der Waals surface area contributed by atoms with Crippen LogP contribution in [0.1, 0.15) is 11.3 Å². The molecule has 1 aromatic heterocycles. The smallest absolute Gasteiger partial charge is 0.238 e. The quantitative estimate of drug-likeness (QED) is 0.789. The van der Waals surface area contributed by atoms with Gasteiger partial charge >= 0.3 is 0 Å². The molecule has 2 aromatic rings. The molecule has 0 aliphatic carbocycles. The summed E-state index contributed by atoms with van der Waals surface area (Å²) in [7, 11) is 0. The van der Waals surface area contributed by atoms with Gasteiger partial charge < -0.3 is 4.90 Å². The van der Waals surface area contributed by atoms with Crippen molar-refractivity contribution in [2.45, 2.75) is 13.1 Å². The van der Waals surface area contributed by atoms with E-state index < -0.39 is 0 Å². The third kappa shape index (κ3) is 3.55. The van der Waals surface area contributed by atoms with E-state index in [4.69, 9.17) is 11.6 Å². The van der Waals surface area contributed by atoms with Gasteiger partial charge in [-0.2, -0.15) is 0 Å². The number of halogens is 1. The van der Waals surface area contributed by atoms with Gasteiger partial charge in [-0.05, 0) is 5.56 Å². The lowest BCUT2D eigenvalue weighted by molar-refractivity contribution is -0.129. The summed E-state index contributed by atoms with van der Waals surface area (Å²) in [6.45, 7) is 1.06. The summed E-state index contributed by atoms with van der Waals surface area (Å²) in [6.07, 6.45) is 0. The zero-order chi connectivity index (χ0) is 12.8. The lowest BCUT2D eigenvalue weighted by Crippen LogP contribution is -2.31. The van der Waals surface area contributed by atoms with E-state index in [-0.39, 0.29) is 11.8 Å². The van der Waals surface area contributed by atoms with E-state index in [2.05, 4.69) is 4.98 Å². The van der Waals surface area contributed by atoms with Gasteiger partial charge in [0.15, 0.2) is 0 Å². The van der Waals surface area contributed by atoms with E-state index in [1.165, 1.54) is 11.3 Å². The fraction of sp³-hybridized carbons (Fsp3) is 0.231. The number of nitrogens with zero attached hydrogens (tertiary/aromatic N) is 2. The van der Waals surface area contributed by atoms with Crippen molar-refractivity contribution in [1.29, 1.82) is 0 Å². The highest BCUT2D eigenvalue weighted by Gasteiger charge is 2.14. The summed E-state index contributed by atoms with van der Waals surface area (Å²) in [5, 5.41) is 1.94. The summed E-state index contributed by atoms with van der Waals surface area (Å²) < 4.78 is 0. The summed E-state index contributed by atoms with van der Waals surface area (Å²) in [6, 6.07) is 9.87. The molecule has 0 aliphatic rings. The summed E-state index contributed by atoms with van der Waals surface area (Å²) in [5.41, 5.74) is 3.75. The van der Waals surface area contributed by atoms with Crippen LogP contribution in [-0.2, 0) is 17.9 Å². The molecule has 0 saturated heterocycles. The topological polar surface area (TPSA) is 33.2 Å². The number of carbonyl (C=O) groups excluding carboxylic acids is 1. The number of alkyl halides is 1. The molecular weight excluding hydrogens is 268 g/mol. The molecule has 18 heavy (non-hydrogen) atoms. The molecule has 0 unspecified atom stereocenters. The molecule has 1 aromatic carbocycles. The molecule has 0 bridgehead atoms. The van der Waals surface area contributed by atoms with E-state index in [1.54, 1.807) is 10.4 Å². The van der Waals surface area contributed by atoms with Crippen LogP contribution < -0.4 is 0 Å². The minimum Gasteiger partial charge on any atom is -0.331 e. The number of amides is 1. The van der Waals surface area contributed by atoms with E-state index in [0.29, 0.717) is 13.1 Å². The third-order valence-corrected chi connectivity index (χ3v) is 3.38. The van der Waals surface area contributed by atoms with Gasteiger partial charge in [0.05, 0.1) is 17.7 Å². The van der Waals surface area contributed by atoms with Crippen LogP contribution in [-0.4, -0.2) is 21.7 Å². The van der Waals surface area contributed by atoms with Gasteiger partial charge in [0.1, 0.15) is 5.88 Å². The minimum atomic E-state index is -0.0754. The predicted molar refractivity (Wildman–Crippen MR) is 73.5 cm³/mol. The number of benzene rings is 1. The van der Waals surface area contributed by atoms with Crippen LogP contribution in [0, 0.1) is 0 Å². The Morgan fingerprint density at radius 1 is 1.28 bits per heavy atom. The van der Waals surface area contributed by atoms with E-state index in [9.17, 15) is 4.79 Å². The Kier molecular flexibility index (Phi) is 4.73. The first-order valence-electron chi connectivity index (χ1n) is 5.54. The Morgan fingerprint density at radius 3 is 2.67 bits per heavy atom. The predicted octanol–water partition coefficient (Wildman–Crippen LogP) is 2.91. The maximum Gasteiger partial charge on any atom is 0.238 e. The van der Waals surface area contributed by atoms with Crippen LogP contribution >= 0.6 is 22.9 Å². The Morgan fingerprint density at radius 2 is 2.06 bits per heavy atom. The van der Waals surface area contributed by atoms with Crippen LogP contribution in [0.3, 0.4) is 0 Å². The first-order chi connectivity index (χ1) is 8.79. The van der Waals surface area contributed by atoms with Gasteiger partial charge in [0, 0.05) is 11.9 Å². The molecule has 1 heterocycles. The first-order valence-corrected chi connectivity index (χ1v) is 7.02. The van der Waals surface area contributed by atoms with Gasteiger partial charge in [0.2, 0.25) is 5.91 Å². The Balaban J connectivity index is 2.08. The second-order valence-corrected chi connectivity index (χ2v) is 4.83. The average molecular weight is 281 g/mol. The first kappa shape index (κ1) is 13.1. The second-order valence-electron chi connectivity index (χ2n) is 3.85. The molecule has 0 atom stereocenters. The van der Waals surface area contributed by atoms with Crippen molar-refractivity contribution in [3.8, 4) is 0 Å². The highest BCUT2D eigenvalue weighted by molar-refractivity contribution is 7.07. The normalized spacial score (nSPS) is 10.3. The third-order valence-electron chi connectivity index (χ3n) is 2.52. The fourth-order valence-electron chi connectivity index (χ4n) is 1.63. The molecular formula is C13H13ClN2OS. The van der Waals surface area contributed by atoms with Gasteiger partial charge in [-0.3, -0.25) is 4.79 Å². The number of aromatic nitrogens is 1. The maximum absolute atomic E-state index is 11.8. The summed E-state index contributed by atoms with van der Waals surface area (Å²) in [5.74, 6) is -0.0784. The van der Waals surface area contributed by atoms with Crippen molar-refractivity contribution >= 4 is 28.8 Å². The van der Waals surface area contributed by atoms with Crippen molar-refractivity contribution < 1.29 is 4.79 Å². The van der Waals surface area contributed by atoms with Crippen molar-refractivity contribution in [2.75, 3.05) is 5.88 Å². The molecule has 0 fully saturated rings. The largest absolute Gasteiger partial charge is 0.331 e. The lowest BCUT2D eigenvalue weighted by atomic mass is 10.2. The van der Waals surface area contributed by atoms with Crippen LogP contribution in [0.5, 0.6) is 0 Å². The van der Waals surface area contributed by atoms with Crippen LogP contribution in [0.4, 0.5) is 0 Å². The van der Waals surface area contributed by atoms with Gasteiger partial charge in [-0.25, -0.2) is 4.98 Å². The summed E-state index contributed by atoms with van der Waals surface area (Å²) >= 11 is 7.17. The molecule has 0 radical (unpaired) electrons. The minimum absolute atomic E-state index is 0.00301. The monoisotopic (exact) mass is 280 g/mol. The van der Waals surface area contributed by atoms with Crippen molar-refractivity contribution in [3.63, 3.8) is 0 Å². The standard InChI is InChI=1S/C13H13ClN2OS/c14-6-13(17)16(8-12-9-18-10-15-12)7-11-4-2-1-3-5-11/h1-5,9-10H,6-8H2. The molecule has 2 rings (SSSR count). The van der Waals surface area contributed by atoms with Crippen molar-refractivity contribution in [3.05, 3.63) is 52.5 Å². The molecule has 0 N–H and O–H groups in total. The Hall–Kier alpha value is -1.39. The van der Waals surface area contributed by atoms with Crippen LogP contribution in [0.2, 0.25) is 0 Å². The summed E-state index contributed by atoms with van der Waals surface area (Å²) in [4.78, 5) is 17.7. The van der Waals surface area contributed by atoms with Crippen molar-refractivity contribution in [2.24, 2.45) is 0 Å². The zero-order valence-corrected chi connectivity index (χ0v) is 11.3. The number of hydrogen-bond donors (Lipinski definition) is 0. The maximum atomic E-state index is 11.8. The number of thiazole rings is 1. The van der Waals surface area contributed by atoms with E-state index in [1.807, 2.05) is 35.7 Å². The number of hydrogen-bond acceptors (Lipinski definition) is 3. The Bertz CT molecular complexity index is 487. The Labute approximate surface area is 115 Å². The average Bonchev–Trinajstić information content (AvgIpc) is 2.91. The SMILES string of the molecule is O=C(CCl)N(Cc1ccccc1)Cc1cscn1. The fourth-order valence-corrected chi connectivity index (χ4v) is 2.35. The van der Waals surface area contributed by atoms with E-state index in [0.717, 1.165) is 11.3 Å². The van der Waals surface area contributed by atoms with Crippen molar-refractivity contribution in [1.82, 2.24) is 9.88 Å². The highest BCUT2D eigenvalue weighted by atomic mass is 35.5.